The van der Waals surface area contributed by atoms with Gasteiger partial charge in [-0.05, 0) is 19.8 Å². The molecule has 0 spiro atoms. The molecule has 30 heavy (non-hydrogen) atoms. The maximum absolute atomic E-state index is 12.0. The van der Waals surface area contributed by atoms with E-state index in [1.807, 2.05) is 6.92 Å². The second kappa shape index (κ2) is 23.0. The van der Waals surface area contributed by atoms with Gasteiger partial charge in [0.05, 0.1) is 6.10 Å². The summed E-state index contributed by atoms with van der Waals surface area (Å²) in [5, 5.41) is 0. The van der Waals surface area contributed by atoms with Crippen LogP contribution in [-0.2, 0) is 9.53 Å². The molecule has 0 aromatic rings. The summed E-state index contributed by atoms with van der Waals surface area (Å²) >= 11 is 0. The highest BCUT2D eigenvalue weighted by Gasteiger charge is 2.05. The number of carbonyl (C=O) groups is 1. The SMILES string of the molecule is C=CC(=O)OC(C)CCCCCCCCCCCCCCCCCCC[Si]C(F)F. The molecule has 0 rings (SSSR count). The van der Waals surface area contributed by atoms with Crippen LogP contribution >= 0.6 is 0 Å². The first kappa shape index (κ1) is 29.3. The van der Waals surface area contributed by atoms with Gasteiger partial charge in [0.15, 0.2) is 0 Å². The molecule has 0 aliphatic rings. The molecule has 0 amide bonds. The Morgan fingerprint density at radius 2 is 1.13 bits per heavy atom. The summed E-state index contributed by atoms with van der Waals surface area (Å²) in [7, 11) is -0.152. The summed E-state index contributed by atoms with van der Waals surface area (Å²) in [6, 6.07) is -1.38. The average Bonchev–Trinajstić information content (AvgIpc) is 2.71. The quantitative estimate of drug-likeness (QED) is 0.0683. The van der Waals surface area contributed by atoms with Crippen molar-refractivity contribution in [1.82, 2.24) is 0 Å². The monoisotopic (exact) mass is 444 g/mol. The normalized spacial score (nSPS) is 12.3. The molecule has 0 aromatic carbocycles. The van der Waals surface area contributed by atoms with E-state index in [0.717, 1.165) is 25.7 Å². The van der Waals surface area contributed by atoms with Crippen LogP contribution in [0.1, 0.15) is 122 Å². The van der Waals surface area contributed by atoms with Crippen LogP contribution in [0.5, 0.6) is 0 Å². The Labute approximate surface area is 187 Å². The van der Waals surface area contributed by atoms with Crippen LogP contribution in [0.2, 0.25) is 6.04 Å². The second-order valence-electron chi connectivity index (χ2n) is 8.51. The number of hydrogen-bond acceptors (Lipinski definition) is 2. The molecule has 0 aromatic heterocycles. The summed E-state index contributed by atoms with van der Waals surface area (Å²) in [6.07, 6.45) is 23.9. The van der Waals surface area contributed by atoms with Gasteiger partial charge in [-0.25, -0.2) is 13.6 Å². The Morgan fingerprint density at radius 3 is 1.50 bits per heavy atom. The lowest BCUT2D eigenvalue weighted by Crippen LogP contribution is -2.12. The smallest absolute Gasteiger partial charge is 0.330 e. The van der Waals surface area contributed by atoms with E-state index < -0.39 is 6.05 Å². The molecule has 0 saturated carbocycles. The minimum absolute atomic E-state index is 0.000772. The summed E-state index contributed by atoms with van der Waals surface area (Å²) < 4.78 is 29.2. The minimum atomic E-state index is -2.09. The van der Waals surface area contributed by atoms with E-state index in [-0.39, 0.29) is 21.6 Å². The molecule has 2 nitrogen and oxygen atoms in total. The largest absolute Gasteiger partial charge is 0.460 e. The first-order valence-corrected chi connectivity index (χ1v) is 13.7. The highest BCUT2D eigenvalue weighted by molar-refractivity contribution is 6.36. The topological polar surface area (TPSA) is 26.3 Å². The van der Waals surface area contributed by atoms with Gasteiger partial charge in [-0.3, -0.25) is 0 Å². The average molecular weight is 445 g/mol. The van der Waals surface area contributed by atoms with Crippen molar-refractivity contribution in [1.29, 1.82) is 0 Å². The van der Waals surface area contributed by atoms with Crippen LogP contribution in [0.15, 0.2) is 12.7 Å². The van der Waals surface area contributed by atoms with E-state index in [2.05, 4.69) is 6.58 Å². The fourth-order valence-electron chi connectivity index (χ4n) is 3.72. The van der Waals surface area contributed by atoms with E-state index >= 15 is 0 Å². The lowest BCUT2D eigenvalue weighted by molar-refractivity contribution is -0.142. The third-order valence-corrected chi connectivity index (χ3v) is 6.52. The molecular formula is C25H46F2O2Si. The third-order valence-electron chi connectivity index (χ3n) is 5.57. The molecule has 0 aliphatic heterocycles. The fourth-order valence-corrected chi connectivity index (χ4v) is 4.40. The Kier molecular flexibility index (Phi) is 22.4. The number of ether oxygens (including phenoxy) is 1. The Balaban J connectivity index is 3.11. The summed E-state index contributed by atoms with van der Waals surface area (Å²) in [6.45, 7) is 5.36. The molecule has 0 fully saturated rings. The molecule has 0 heterocycles. The summed E-state index contributed by atoms with van der Waals surface area (Å²) in [5.74, 6) is -0.320. The minimum Gasteiger partial charge on any atom is -0.460 e. The summed E-state index contributed by atoms with van der Waals surface area (Å²) in [5.41, 5.74) is 0. The maximum atomic E-state index is 12.0. The van der Waals surface area contributed by atoms with E-state index in [1.165, 1.54) is 96.0 Å². The van der Waals surface area contributed by atoms with Crippen LogP contribution in [0.4, 0.5) is 8.78 Å². The highest BCUT2D eigenvalue weighted by atomic mass is 28.2. The van der Waals surface area contributed by atoms with Crippen molar-refractivity contribution in [3.05, 3.63) is 12.7 Å². The van der Waals surface area contributed by atoms with Crippen molar-refractivity contribution in [2.75, 3.05) is 0 Å². The Bertz CT molecular complexity index is 391. The summed E-state index contributed by atoms with van der Waals surface area (Å²) in [4.78, 5) is 11.1. The Hall–Kier alpha value is -0.713. The van der Waals surface area contributed by atoms with Crippen LogP contribution in [0.3, 0.4) is 0 Å². The fraction of sp³-hybridized carbons (Fsp3) is 0.880. The molecule has 2 radical (unpaired) electrons. The third kappa shape index (κ3) is 23.6. The standard InChI is InChI=1S/C25H46F2O2Si/c1-3-24(28)29-23(2)21-19-17-15-13-11-9-7-5-4-6-8-10-12-14-16-18-20-22-30-25(26)27/h3,23,25H,1,4-22H2,2H3. The molecule has 0 N–H and O–H groups in total. The molecule has 5 heteroatoms. The molecular weight excluding hydrogens is 398 g/mol. The molecule has 1 unspecified atom stereocenters. The molecule has 176 valence electrons. The lowest BCUT2D eigenvalue weighted by atomic mass is 10.0. The van der Waals surface area contributed by atoms with Crippen LogP contribution in [-0.4, -0.2) is 27.6 Å². The van der Waals surface area contributed by atoms with Crippen molar-refractivity contribution in [3.63, 3.8) is 0 Å². The zero-order chi connectivity index (χ0) is 22.3. The van der Waals surface area contributed by atoms with Crippen molar-refractivity contribution >= 4 is 15.5 Å². The van der Waals surface area contributed by atoms with E-state index in [1.54, 1.807) is 0 Å². The van der Waals surface area contributed by atoms with Gasteiger partial charge in [0.1, 0.15) is 9.52 Å². The molecule has 0 aliphatic carbocycles. The number of rotatable bonds is 23. The van der Waals surface area contributed by atoms with Gasteiger partial charge in [0.2, 0.25) is 6.05 Å². The van der Waals surface area contributed by atoms with Crippen LogP contribution in [0, 0.1) is 0 Å². The van der Waals surface area contributed by atoms with Gasteiger partial charge in [0, 0.05) is 6.08 Å². The van der Waals surface area contributed by atoms with Crippen LogP contribution < -0.4 is 0 Å². The van der Waals surface area contributed by atoms with E-state index in [4.69, 9.17) is 4.74 Å². The number of esters is 1. The van der Waals surface area contributed by atoms with Gasteiger partial charge in [0.25, 0.3) is 0 Å². The van der Waals surface area contributed by atoms with Gasteiger partial charge in [-0.2, -0.15) is 0 Å². The number of carbonyl (C=O) groups excluding carboxylic acids is 1. The molecule has 1 atom stereocenters. The van der Waals surface area contributed by atoms with Crippen molar-refractivity contribution in [2.24, 2.45) is 0 Å². The predicted molar refractivity (Wildman–Crippen MR) is 125 cm³/mol. The van der Waals surface area contributed by atoms with Gasteiger partial charge >= 0.3 is 5.97 Å². The van der Waals surface area contributed by atoms with Crippen LogP contribution in [0.25, 0.3) is 0 Å². The zero-order valence-electron chi connectivity index (χ0n) is 19.4. The van der Waals surface area contributed by atoms with Crippen molar-refractivity contribution < 1.29 is 18.3 Å². The zero-order valence-corrected chi connectivity index (χ0v) is 20.4. The lowest BCUT2D eigenvalue weighted by Gasteiger charge is -2.11. The number of hydrogen-bond donors (Lipinski definition) is 0. The molecule has 0 bridgehead atoms. The van der Waals surface area contributed by atoms with Crippen molar-refractivity contribution in [2.45, 2.75) is 141 Å². The predicted octanol–water partition coefficient (Wildman–Crippen LogP) is 8.47. The van der Waals surface area contributed by atoms with E-state index in [0.29, 0.717) is 6.04 Å². The van der Waals surface area contributed by atoms with Gasteiger partial charge in [-0.15, -0.1) is 0 Å². The second-order valence-corrected chi connectivity index (χ2v) is 9.85. The molecule has 0 saturated heterocycles. The van der Waals surface area contributed by atoms with Gasteiger partial charge < -0.3 is 4.74 Å². The number of unbranched alkanes of at least 4 members (excludes halogenated alkanes) is 16. The van der Waals surface area contributed by atoms with Crippen molar-refractivity contribution in [3.8, 4) is 0 Å². The Morgan fingerprint density at radius 1 is 0.767 bits per heavy atom. The van der Waals surface area contributed by atoms with Gasteiger partial charge in [-0.1, -0.05) is 115 Å². The first-order chi connectivity index (χ1) is 14.6. The highest BCUT2D eigenvalue weighted by Crippen LogP contribution is 2.15. The maximum Gasteiger partial charge on any atom is 0.330 e. The number of alkyl halides is 2. The number of halogens is 2. The first-order valence-electron chi connectivity index (χ1n) is 12.4. The van der Waals surface area contributed by atoms with E-state index in [9.17, 15) is 13.6 Å².